The van der Waals surface area contributed by atoms with Gasteiger partial charge in [0.05, 0.1) is 5.69 Å². The molecule has 0 fully saturated rings. The molecular weight excluding hydrogens is 202 g/mol. The summed E-state index contributed by atoms with van der Waals surface area (Å²) < 4.78 is 0. The minimum atomic E-state index is -0.412. The van der Waals surface area contributed by atoms with Crippen molar-refractivity contribution in [1.29, 1.82) is 0 Å². The summed E-state index contributed by atoms with van der Waals surface area (Å²) in [5.41, 5.74) is 0.547. The molecule has 0 atom stereocenters. The number of carbonyl (C=O) groups excluding carboxylic acids is 2. The smallest absolute Gasteiger partial charge is 0.248 e. The van der Waals surface area contributed by atoms with Crippen molar-refractivity contribution < 1.29 is 9.59 Å². The van der Waals surface area contributed by atoms with Gasteiger partial charge < -0.3 is 0 Å². The van der Waals surface area contributed by atoms with Gasteiger partial charge in [-0.3, -0.25) is 9.59 Å². The third kappa shape index (κ3) is 2.33. The number of hydrogen-bond donors (Lipinski definition) is 0. The van der Waals surface area contributed by atoms with Crippen LogP contribution in [0.2, 0.25) is 0 Å². The second-order valence-corrected chi connectivity index (χ2v) is 2.98. The highest BCUT2D eigenvalue weighted by Crippen LogP contribution is 2.13. The summed E-state index contributed by atoms with van der Waals surface area (Å²) >= 11 is 5.40. The molecule has 0 unspecified atom stereocenters. The van der Waals surface area contributed by atoms with Gasteiger partial charge in [-0.25, -0.2) is 4.90 Å². The van der Waals surface area contributed by atoms with Crippen LogP contribution in [0.4, 0.5) is 5.69 Å². The zero-order chi connectivity index (χ0) is 10.6. The standard InChI is InChI=1S/C10H10ClNO2/c1-8(13)12(10(14)7-11)9-5-3-2-4-6-9/h2-6H,7H2,1H3. The summed E-state index contributed by atoms with van der Waals surface area (Å²) in [7, 11) is 0. The Morgan fingerprint density at radius 2 is 1.86 bits per heavy atom. The molecule has 1 aromatic rings. The molecule has 0 saturated heterocycles. The van der Waals surface area contributed by atoms with E-state index in [1.165, 1.54) is 6.92 Å². The lowest BCUT2D eigenvalue weighted by Crippen LogP contribution is -2.35. The van der Waals surface area contributed by atoms with Gasteiger partial charge in [-0.05, 0) is 12.1 Å². The van der Waals surface area contributed by atoms with E-state index in [9.17, 15) is 9.59 Å². The molecule has 0 saturated carbocycles. The predicted octanol–water partition coefficient (Wildman–Crippen LogP) is 1.80. The van der Waals surface area contributed by atoms with Crippen LogP contribution in [0.25, 0.3) is 0 Å². The molecule has 1 rings (SSSR count). The van der Waals surface area contributed by atoms with E-state index >= 15 is 0 Å². The van der Waals surface area contributed by atoms with E-state index in [1.54, 1.807) is 24.3 Å². The Labute approximate surface area is 87.3 Å². The lowest BCUT2D eigenvalue weighted by molar-refractivity contribution is -0.124. The predicted molar refractivity (Wildman–Crippen MR) is 55.3 cm³/mol. The SMILES string of the molecule is CC(=O)N(C(=O)CCl)c1ccccc1. The molecule has 0 aliphatic carbocycles. The van der Waals surface area contributed by atoms with Crippen LogP contribution < -0.4 is 4.90 Å². The Morgan fingerprint density at radius 1 is 1.29 bits per heavy atom. The monoisotopic (exact) mass is 211 g/mol. The number of rotatable bonds is 2. The number of para-hydroxylation sites is 1. The molecule has 0 radical (unpaired) electrons. The highest BCUT2D eigenvalue weighted by atomic mass is 35.5. The first-order chi connectivity index (χ1) is 6.66. The van der Waals surface area contributed by atoms with Crippen LogP contribution in [-0.4, -0.2) is 17.7 Å². The summed E-state index contributed by atoms with van der Waals surface area (Å²) in [6, 6.07) is 8.70. The molecule has 0 aliphatic heterocycles. The number of amides is 2. The van der Waals surface area contributed by atoms with Crippen LogP contribution in [0.5, 0.6) is 0 Å². The molecular formula is C10H10ClNO2. The van der Waals surface area contributed by atoms with E-state index in [2.05, 4.69) is 0 Å². The van der Waals surface area contributed by atoms with E-state index in [4.69, 9.17) is 11.6 Å². The van der Waals surface area contributed by atoms with Gasteiger partial charge in [0, 0.05) is 6.92 Å². The molecule has 2 amide bonds. The first kappa shape index (κ1) is 10.7. The number of carbonyl (C=O) groups is 2. The average molecular weight is 212 g/mol. The maximum atomic E-state index is 11.3. The second-order valence-electron chi connectivity index (χ2n) is 2.72. The molecule has 1 aromatic carbocycles. The number of alkyl halides is 1. The van der Waals surface area contributed by atoms with Crippen molar-refractivity contribution >= 4 is 29.1 Å². The number of benzene rings is 1. The Bertz CT molecular complexity index is 337. The van der Waals surface area contributed by atoms with Gasteiger partial charge in [-0.1, -0.05) is 18.2 Å². The summed E-state index contributed by atoms with van der Waals surface area (Å²) in [6.45, 7) is 1.33. The van der Waals surface area contributed by atoms with Crippen LogP contribution in [0.1, 0.15) is 6.92 Å². The van der Waals surface area contributed by atoms with Crippen LogP contribution in [0, 0.1) is 0 Å². The van der Waals surface area contributed by atoms with Gasteiger partial charge in [-0.15, -0.1) is 11.6 Å². The molecule has 0 heterocycles. The summed E-state index contributed by atoms with van der Waals surface area (Å²) in [5.74, 6) is -0.943. The molecule has 74 valence electrons. The van der Waals surface area contributed by atoms with E-state index in [0.717, 1.165) is 4.90 Å². The van der Waals surface area contributed by atoms with Gasteiger partial charge >= 0.3 is 0 Å². The van der Waals surface area contributed by atoms with Crippen LogP contribution in [0.3, 0.4) is 0 Å². The zero-order valence-corrected chi connectivity index (χ0v) is 8.49. The molecule has 0 aliphatic rings. The number of halogens is 1. The van der Waals surface area contributed by atoms with E-state index < -0.39 is 5.91 Å². The Balaban J connectivity index is 3.01. The molecule has 4 heteroatoms. The molecule has 14 heavy (non-hydrogen) atoms. The number of hydrogen-bond acceptors (Lipinski definition) is 2. The number of anilines is 1. The third-order valence-corrected chi connectivity index (χ3v) is 1.92. The normalized spacial score (nSPS) is 9.57. The molecule has 3 nitrogen and oxygen atoms in total. The molecule has 0 bridgehead atoms. The van der Waals surface area contributed by atoms with Crippen molar-refractivity contribution in [3.8, 4) is 0 Å². The Morgan fingerprint density at radius 3 is 2.29 bits per heavy atom. The zero-order valence-electron chi connectivity index (χ0n) is 7.74. The maximum absolute atomic E-state index is 11.3. The van der Waals surface area contributed by atoms with Gasteiger partial charge in [-0.2, -0.15) is 0 Å². The van der Waals surface area contributed by atoms with Crippen molar-refractivity contribution in [1.82, 2.24) is 0 Å². The van der Waals surface area contributed by atoms with Crippen molar-refractivity contribution in [3.63, 3.8) is 0 Å². The van der Waals surface area contributed by atoms with E-state index in [-0.39, 0.29) is 11.8 Å². The fraction of sp³-hybridized carbons (Fsp3) is 0.200. The molecule has 0 spiro atoms. The van der Waals surface area contributed by atoms with Gasteiger partial charge in [0.15, 0.2) is 0 Å². The minimum absolute atomic E-state index is 0.200. The van der Waals surface area contributed by atoms with Crippen molar-refractivity contribution in [3.05, 3.63) is 30.3 Å². The highest BCUT2D eigenvalue weighted by molar-refractivity contribution is 6.32. The van der Waals surface area contributed by atoms with Crippen molar-refractivity contribution in [2.45, 2.75) is 6.92 Å². The molecule has 0 N–H and O–H groups in total. The lowest BCUT2D eigenvalue weighted by Gasteiger charge is -2.17. The van der Waals surface area contributed by atoms with Crippen LogP contribution in [0.15, 0.2) is 30.3 Å². The van der Waals surface area contributed by atoms with Crippen molar-refractivity contribution in [2.75, 3.05) is 10.8 Å². The fourth-order valence-corrected chi connectivity index (χ4v) is 1.26. The fourth-order valence-electron chi connectivity index (χ4n) is 1.14. The maximum Gasteiger partial charge on any atom is 0.248 e. The lowest BCUT2D eigenvalue weighted by atomic mass is 10.3. The summed E-state index contributed by atoms with van der Waals surface area (Å²) in [4.78, 5) is 23.6. The minimum Gasteiger partial charge on any atom is -0.274 e. The number of imide groups is 1. The Hall–Kier alpha value is -1.35. The van der Waals surface area contributed by atoms with E-state index in [0.29, 0.717) is 5.69 Å². The Kier molecular flexibility index (Phi) is 3.65. The summed E-state index contributed by atoms with van der Waals surface area (Å²) in [5, 5.41) is 0. The second kappa shape index (κ2) is 4.77. The quantitative estimate of drug-likeness (QED) is 0.700. The topological polar surface area (TPSA) is 37.4 Å². The van der Waals surface area contributed by atoms with Crippen LogP contribution >= 0.6 is 11.6 Å². The van der Waals surface area contributed by atoms with Gasteiger partial charge in [0.25, 0.3) is 0 Å². The first-order valence-corrected chi connectivity index (χ1v) is 4.65. The van der Waals surface area contributed by atoms with Crippen molar-refractivity contribution in [2.24, 2.45) is 0 Å². The third-order valence-electron chi connectivity index (χ3n) is 1.69. The average Bonchev–Trinajstić information content (AvgIpc) is 2.19. The first-order valence-electron chi connectivity index (χ1n) is 4.11. The van der Waals surface area contributed by atoms with Crippen LogP contribution in [-0.2, 0) is 9.59 Å². The number of nitrogens with zero attached hydrogens (tertiary/aromatic N) is 1. The highest BCUT2D eigenvalue weighted by Gasteiger charge is 2.18. The molecule has 0 aromatic heterocycles. The van der Waals surface area contributed by atoms with Gasteiger partial charge in [0.1, 0.15) is 5.88 Å². The largest absolute Gasteiger partial charge is 0.274 e. The summed E-state index contributed by atoms with van der Waals surface area (Å²) in [6.07, 6.45) is 0. The van der Waals surface area contributed by atoms with E-state index in [1.807, 2.05) is 6.07 Å². The van der Waals surface area contributed by atoms with Gasteiger partial charge in [0.2, 0.25) is 11.8 Å².